The monoisotopic (exact) mass is 284 g/mol. The van der Waals surface area contributed by atoms with Crippen LogP contribution in [0.5, 0.6) is 0 Å². The van der Waals surface area contributed by atoms with Gasteiger partial charge in [-0.2, -0.15) is 5.10 Å². The molecule has 1 heterocycles. The zero-order chi connectivity index (χ0) is 14.2. The van der Waals surface area contributed by atoms with Crippen molar-refractivity contribution >= 4 is 21.5 Å². The fourth-order valence-electron chi connectivity index (χ4n) is 1.64. The van der Waals surface area contributed by atoms with Crippen LogP contribution in [0.2, 0.25) is 0 Å². The highest BCUT2D eigenvalue weighted by Crippen LogP contribution is 2.25. The average molecular weight is 284 g/mol. The maximum absolute atomic E-state index is 13.1. The van der Waals surface area contributed by atoms with Crippen molar-refractivity contribution < 1.29 is 12.8 Å². The summed E-state index contributed by atoms with van der Waals surface area (Å²) in [7, 11) is -0.963. The van der Waals surface area contributed by atoms with Crippen molar-refractivity contribution in [1.29, 1.82) is 0 Å². The number of sulfonamides is 1. The van der Waals surface area contributed by atoms with Gasteiger partial charge in [0.1, 0.15) is 10.7 Å². The molecule has 0 fully saturated rings. The van der Waals surface area contributed by atoms with Crippen LogP contribution in [-0.4, -0.2) is 25.2 Å². The number of nitrogens with zero attached hydrogens (tertiary/aromatic N) is 3. The van der Waals surface area contributed by atoms with Crippen LogP contribution in [0.15, 0.2) is 35.4 Å². The lowest BCUT2D eigenvalue weighted by Gasteiger charge is -2.18. The average Bonchev–Trinajstić information content (AvgIpc) is 2.68. The van der Waals surface area contributed by atoms with Gasteiger partial charge in [-0.05, 0) is 18.2 Å². The Morgan fingerprint density at radius 1 is 1.42 bits per heavy atom. The third kappa shape index (κ3) is 2.39. The number of halogens is 1. The summed E-state index contributed by atoms with van der Waals surface area (Å²) in [6, 6.07) is 5.29. The first-order valence-electron chi connectivity index (χ1n) is 5.36. The SMILES string of the molecule is CN(c1cccc(F)c1)S(=O)(=O)c1cn(C)nc1N. The molecule has 6 nitrogen and oxygen atoms in total. The maximum atomic E-state index is 13.1. The lowest BCUT2D eigenvalue weighted by atomic mass is 10.3. The van der Waals surface area contributed by atoms with Gasteiger partial charge in [0.15, 0.2) is 5.82 Å². The van der Waals surface area contributed by atoms with E-state index in [1.165, 1.54) is 36.1 Å². The van der Waals surface area contributed by atoms with E-state index in [4.69, 9.17) is 5.73 Å². The molecule has 0 radical (unpaired) electrons. The molecule has 0 bridgehead atoms. The molecule has 0 saturated heterocycles. The van der Waals surface area contributed by atoms with Crippen molar-refractivity contribution in [3.63, 3.8) is 0 Å². The maximum Gasteiger partial charge on any atom is 0.269 e. The van der Waals surface area contributed by atoms with Crippen molar-refractivity contribution in [2.24, 2.45) is 7.05 Å². The van der Waals surface area contributed by atoms with Gasteiger partial charge in [-0.15, -0.1) is 0 Å². The summed E-state index contributed by atoms with van der Waals surface area (Å²) in [5.41, 5.74) is 5.77. The number of nitrogen functional groups attached to an aromatic ring is 1. The summed E-state index contributed by atoms with van der Waals surface area (Å²) >= 11 is 0. The number of aryl methyl sites for hydroxylation is 1. The molecule has 0 unspecified atom stereocenters. The van der Waals surface area contributed by atoms with E-state index in [0.29, 0.717) is 0 Å². The molecule has 19 heavy (non-hydrogen) atoms. The van der Waals surface area contributed by atoms with Crippen LogP contribution < -0.4 is 10.0 Å². The van der Waals surface area contributed by atoms with Gasteiger partial charge in [-0.3, -0.25) is 8.99 Å². The van der Waals surface area contributed by atoms with E-state index >= 15 is 0 Å². The lowest BCUT2D eigenvalue weighted by molar-refractivity contribution is 0.594. The minimum absolute atomic E-state index is 0.0919. The first-order valence-corrected chi connectivity index (χ1v) is 6.80. The Labute approximate surface area is 110 Å². The number of rotatable bonds is 3. The minimum atomic E-state index is -3.86. The molecule has 2 N–H and O–H groups in total. The molecule has 0 aliphatic rings. The van der Waals surface area contributed by atoms with E-state index in [-0.39, 0.29) is 16.4 Å². The van der Waals surface area contributed by atoms with Crippen LogP contribution in [0.4, 0.5) is 15.9 Å². The third-order valence-corrected chi connectivity index (χ3v) is 4.43. The van der Waals surface area contributed by atoms with E-state index in [2.05, 4.69) is 5.10 Å². The summed E-state index contributed by atoms with van der Waals surface area (Å²) in [6.45, 7) is 0. The summed E-state index contributed by atoms with van der Waals surface area (Å²) in [5, 5.41) is 3.79. The fourth-order valence-corrected chi connectivity index (χ4v) is 2.92. The van der Waals surface area contributed by atoms with Gasteiger partial charge in [0.05, 0.1) is 5.69 Å². The zero-order valence-electron chi connectivity index (χ0n) is 10.4. The molecule has 0 aliphatic heterocycles. The van der Waals surface area contributed by atoms with E-state index in [0.717, 1.165) is 10.4 Å². The summed E-state index contributed by atoms with van der Waals surface area (Å²) in [5.74, 6) is -0.607. The summed E-state index contributed by atoms with van der Waals surface area (Å²) in [6.07, 6.45) is 1.31. The molecule has 0 aliphatic carbocycles. The Kier molecular flexibility index (Phi) is 3.19. The molecule has 0 amide bonds. The van der Waals surface area contributed by atoms with E-state index < -0.39 is 15.8 Å². The first kappa shape index (κ1) is 13.3. The predicted molar refractivity (Wildman–Crippen MR) is 69.6 cm³/mol. The number of benzene rings is 1. The number of anilines is 2. The molecule has 1 aromatic carbocycles. The van der Waals surface area contributed by atoms with Crippen molar-refractivity contribution in [2.45, 2.75) is 4.90 Å². The number of aromatic nitrogens is 2. The number of hydrogen-bond acceptors (Lipinski definition) is 4. The highest BCUT2D eigenvalue weighted by atomic mass is 32.2. The highest BCUT2D eigenvalue weighted by Gasteiger charge is 2.26. The number of nitrogens with two attached hydrogens (primary N) is 1. The minimum Gasteiger partial charge on any atom is -0.381 e. The van der Waals surface area contributed by atoms with Gasteiger partial charge in [0.25, 0.3) is 10.0 Å². The van der Waals surface area contributed by atoms with Crippen molar-refractivity contribution in [2.75, 3.05) is 17.1 Å². The van der Waals surface area contributed by atoms with E-state index in [9.17, 15) is 12.8 Å². The van der Waals surface area contributed by atoms with Crippen LogP contribution in [-0.2, 0) is 17.1 Å². The van der Waals surface area contributed by atoms with E-state index in [1.807, 2.05) is 0 Å². The van der Waals surface area contributed by atoms with Gasteiger partial charge < -0.3 is 5.73 Å². The standard InChI is InChI=1S/C11H13FN4O2S/c1-15-7-10(11(13)14-15)19(17,18)16(2)9-5-3-4-8(12)6-9/h3-7H,1-2H3,(H2,13,14). The molecular weight excluding hydrogens is 271 g/mol. The normalized spacial score (nSPS) is 11.5. The Morgan fingerprint density at radius 3 is 2.63 bits per heavy atom. The zero-order valence-corrected chi connectivity index (χ0v) is 11.2. The number of hydrogen-bond donors (Lipinski definition) is 1. The molecule has 102 valence electrons. The van der Waals surface area contributed by atoms with Gasteiger partial charge in [0.2, 0.25) is 0 Å². The molecule has 0 atom stereocenters. The molecule has 1 aromatic heterocycles. The lowest BCUT2D eigenvalue weighted by Crippen LogP contribution is -2.27. The van der Waals surface area contributed by atoms with Crippen molar-refractivity contribution in [3.8, 4) is 0 Å². The molecule has 8 heteroatoms. The van der Waals surface area contributed by atoms with Gasteiger partial charge >= 0.3 is 0 Å². The van der Waals surface area contributed by atoms with Crippen LogP contribution in [0, 0.1) is 5.82 Å². The predicted octanol–water partition coefficient (Wildman–Crippen LogP) is 0.967. The van der Waals surface area contributed by atoms with Crippen molar-refractivity contribution in [1.82, 2.24) is 9.78 Å². The highest BCUT2D eigenvalue weighted by molar-refractivity contribution is 7.93. The quantitative estimate of drug-likeness (QED) is 0.910. The Balaban J connectivity index is 2.48. The molecular formula is C11H13FN4O2S. The largest absolute Gasteiger partial charge is 0.381 e. The van der Waals surface area contributed by atoms with Crippen LogP contribution in [0.1, 0.15) is 0 Å². The molecule has 2 rings (SSSR count). The van der Waals surface area contributed by atoms with Crippen LogP contribution >= 0.6 is 0 Å². The Morgan fingerprint density at radius 2 is 2.11 bits per heavy atom. The smallest absolute Gasteiger partial charge is 0.269 e. The first-order chi connectivity index (χ1) is 8.82. The Bertz CT molecular complexity index is 711. The van der Waals surface area contributed by atoms with Gasteiger partial charge in [0, 0.05) is 20.3 Å². The second-order valence-corrected chi connectivity index (χ2v) is 5.94. The van der Waals surface area contributed by atoms with E-state index in [1.54, 1.807) is 7.05 Å². The Hall–Kier alpha value is -2.09. The molecule has 0 spiro atoms. The van der Waals surface area contributed by atoms with Gasteiger partial charge in [-0.1, -0.05) is 6.07 Å². The second kappa shape index (κ2) is 4.54. The van der Waals surface area contributed by atoms with Gasteiger partial charge in [-0.25, -0.2) is 12.8 Å². The van der Waals surface area contributed by atoms with Crippen LogP contribution in [0.25, 0.3) is 0 Å². The summed E-state index contributed by atoms with van der Waals surface area (Å²) in [4.78, 5) is -0.109. The molecule has 2 aromatic rings. The second-order valence-electron chi connectivity index (χ2n) is 4.00. The topological polar surface area (TPSA) is 81.2 Å². The fraction of sp³-hybridized carbons (Fsp3) is 0.182. The molecule has 0 saturated carbocycles. The summed E-state index contributed by atoms with van der Waals surface area (Å²) < 4.78 is 40.1. The van der Waals surface area contributed by atoms with Crippen LogP contribution in [0.3, 0.4) is 0 Å². The van der Waals surface area contributed by atoms with Crippen molar-refractivity contribution in [3.05, 3.63) is 36.3 Å². The third-order valence-electron chi connectivity index (χ3n) is 2.63.